The van der Waals surface area contributed by atoms with Crippen molar-refractivity contribution in [3.63, 3.8) is 0 Å². The van der Waals surface area contributed by atoms with Crippen LogP contribution in [0.1, 0.15) is 11.3 Å². The minimum Gasteiger partial charge on any atom is -0.392 e. The molecular formula is C13H12BrNO2. The second-order valence-electron chi connectivity index (χ2n) is 3.60. The number of rotatable bonds is 3. The minimum absolute atomic E-state index is 0.00436. The first-order valence-electron chi connectivity index (χ1n) is 5.22. The number of hydrogen-bond donors (Lipinski definition) is 1. The van der Waals surface area contributed by atoms with Gasteiger partial charge in [0.25, 0.3) is 0 Å². The highest BCUT2D eigenvalue weighted by molar-refractivity contribution is 9.10. The number of aryl methyl sites for hydroxylation is 1. The number of benzene rings is 1. The lowest BCUT2D eigenvalue weighted by Gasteiger charge is -1.98. The second-order valence-corrected chi connectivity index (χ2v) is 4.52. The van der Waals surface area contributed by atoms with Crippen molar-refractivity contribution in [3.8, 4) is 11.3 Å². The molecule has 0 aliphatic heterocycles. The van der Waals surface area contributed by atoms with Crippen molar-refractivity contribution in [3.05, 3.63) is 46.1 Å². The summed E-state index contributed by atoms with van der Waals surface area (Å²) < 4.78 is 6.34. The summed E-state index contributed by atoms with van der Waals surface area (Å²) in [5, 5.41) is 12.8. The fourth-order valence-electron chi connectivity index (χ4n) is 1.55. The van der Waals surface area contributed by atoms with E-state index in [2.05, 4.69) is 21.1 Å². The third kappa shape index (κ3) is 2.65. The third-order valence-corrected chi connectivity index (χ3v) is 2.93. The van der Waals surface area contributed by atoms with Crippen LogP contribution in [0.3, 0.4) is 0 Å². The molecule has 1 aromatic heterocycles. The Morgan fingerprint density at radius 3 is 2.71 bits per heavy atom. The molecule has 0 unspecified atom stereocenters. The summed E-state index contributed by atoms with van der Waals surface area (Å²) in [5.74, 6) is 0.722. The normalized spacial score (nSPS) is 11.2. The molecule has 0 spiro atoms. The Morgan fingerprint density at radius 1 is 1.35 bits per heavy atom. The largest absolute Gasteiger partial charge is 0.392 e. The summed E-state index contributed by atoms with van der Waals surface area (Å²) in [6.07, 6.45) is 3.49. The van der Waals surface area contributed by atoms with Crippen LogP contribution in [0.15, 0.2) is 39.3 Å². The van der Waals surface area contributed by atoms with Crippen molar-refractivity contribution in [1.29, 1.82) is 0 Å². The van der Waals surface area contributed by atoms with E-state index in [1.54, 1.807) is 6.08 Å². The topological polar surface area (TPSA) is 46.3 Å². The summed E-state index contributed by atoms with van der Waals surface area (Å²) in [6, 6.07) is 7.82. The Kier molecular flexibility index (Phi) is 3.76. The molecule has 1 heterocycles. The number of aliphatic hydroxyl groups is 1. The standard InChI is InChI=1S/C13H12BrNO2/c1-9-12(3-2-8-16)13(17-15-9)10-4-6-11(14)7-5-10/h2-7,16H,8H2,1H3. The molecule has 0 amide bonds. The quantitative estimate of drug-likeness (QED) is 0.943. The molecule has 88 valence electrons. The molecule has 1 aromatic carbocycles. The lowest BCUT2D eigenvalue weighted by molar-refractivity contribution is 0.343. The van der Waals surface area contributed by atoms with Crippen LogP contribution >= 0.6 is 15.9 Å². The van der Waals surface area contributed by atoms with Crippen molar-refractivity contribution in [2.75, 3.05) is 6.61 Å². The van der Waals surface area contributed by atoms with Crippen molar-refractivity contribution in [2.24, 2.45) is 0 Å². The predicted octanol–water partition coefficient (Wildman–Crippen LogP) is 3.42. The van der Waals surface area contributed by atoms with Crippen molar-refractivity contribution < 1.29 is 9.63 Å². The van der Waals surface area contributed by atoms with Gasteiger partial charge in [-0.2, -0.15) is 0 Å². The number of nitrogens with zero attached hydrogens (tertiary/aromatic N) is 1. The highest BCUT2D eigenvalue weighted by Crippen LogP contribution is 2.28. The van der Waals surface area contributed by atoms with Crippen molar-refractivity contribution in [1.82, 2.24) is 5.16 Å². The number of aromatic nitrogens is 1. The molecule has 3 nitrogen and oxygen atoms in total. The predicted molar refractivity (Wildman–Crippen MR) is 70.5 cm³/mol. The Morgan fingerprint density at radius 2 is 2.06 bits per heavy atom. The molecular weight excluding hydrogens is 282 g/mol. The second kappa shape index (κ2) is 5.29. The Bertz CT molecular complexity index is 529. The molecule has 2 aromatic rings. The van der Waals surface area contributed by atoms with Gasteiger partial charge >= 0.3 is 0 Å². The Labute approximate surface area is 108 Å². The molecule has 17 heavy (non-hydrogen) atoms. The molecule has 2 rings (SSSR count). The van der Waals surface area contributed by atoms with Gasteiger partial charge in [0.2, 0.25) is 0 Å². The molecule has 0 atom stereocenters. The lowest BCUT2D eigenvalue weighted by atomic mass is 10.1. The zero-order valence-electron chi connectivity index (χ0n) is 9.35. The van der Waals surface area contributed by atoms with Gasteiger partial charge in [-0.25, -0.2) is 0 Å². The van der Waals surface area contributed by atoms with Gasteiger partial charge in [-0.05, 0) is 31.2 Å². The average Bonchev–Trinajstić information content (AvgIpc) is 2.69. The van der Waals surface area contributed by atoms with Gasteiger partial charge in [-0.15, -0.1) is 0 Å². The van der Waals surface area contributed by atoms with Gasteiger partial charge in [-0.3, -0.25) is 0 Å². The van der Waals surface area contributed by atoms with Gasteiger partial charge in [0, 0.05) is 15.6 Å². The zero-order chi connectivity index (χ0) is 12.3. The first-order chi connectivity index (χ1) is 8.22. The van der Waals surface area contributed by atoms with E-state index in [1.165, 1.54) is 0 Å². The van der Waals surface area contributed by atoms with E-state index in [-0.39, 0.29) is 6.61 Å². The number of aliphatic hydroxyl groups excluding tert-OH is 1. The van der Waals surface area contributed by atoms with E-state index in [4.69, 9.17) is 9.63 Å². The van der Waals surface area contributed by atoms with Crippen LogP contribution in [-0.4, -0.2) is 16.9 Å². The fraction of sp³-hybridized carbons (Fsp3) is 0.154. The summed E-state index contributed by atoms with van der Waals surface area (Å²) >= 11 is 3.39. The maximum absolute atomic E-state index is 8.81. The average molecular weight is 294 g/mol. The SMILES string of the molecule is Cc1noc(-c2ccc(Br)cc2)c1C=CCO. The van der Waals surface area contributed by atoms with Crippen LogP contribution in [-0.2, 0) is 0 Å². The van der Waals surface area contributed by atoms with Crippen LogP contribution in [0.2, 0.25) is 0 Å². The monoisotopic (exact) mass is 293 g/mol. The van der Waals surface area contributed by atoms with Crippen LogP contribution in [0.5, 0.6) is 0 Å². The lowest BCUT2D eigenvalue weighted by Crippen LogP contribution is -1.81. The number of hydrogen-bond acceptors (Lipinski definition) is 3. The van der Waals surface area contributed by atoms with Crippen molar-refractivity contribution >= 4 is 22.0 Å². The van der Waals surface area contributed by atoms with Gasteiger partial charge in [-0.1, -0.05) is 33.2 Å². The molecule has 0 aliphatic rings. The molecule has 0 fully saturated rings. The molecule has 4 heteroatoms. The first-order valence-corrected chi connectivity index (χ1v) is 6.01. The molecule has 0 aliphatic carbocycles. The Balaban J connectivity index is 2.45. The van der Waals surface area contributed by atoms with E-state index in [9.17, 15) is 0 Å². The minimum atomic E-state index is 0.00436. The van der Waals surface area contributed by atoms with Crippen molar-refractivity contribution in [2.45, 2.75) is 6.92 Å². The number of halogens is 1. The summed E-state index contributed by atoms with van der Waals surface area (Å²) in [6.45, 7) is 1.88. The smallest absolute Gasteiger partial charge is 0.174 e. The first kappa shape index (κ1) is 12.1. The molecule has 0 saturated carbocycles. The van der Waals surface area contributed by atoms with Crippen LogP contribution in [0, 0.1) is 6.92 Å². The van der Waals surface area contributed by atoms with Crippen LogP contribution in [0.25, 0.3) is 17.4 Å². The third-order valence-electron chi connectivity index (χ3n) is 2.40. The van der Waals surface area contributed by atoms with E-state index < -0.39 is 0 Å². The highest BCUT2D eigenvalue weighted by Gasteiger charge is 2.12. The van der Waals surface area contributed by atoms with Crippen LogP contribution < -0.4 is 0 Å². The summed E-state index contributed by atoms with van der Waals surface area (Å²) in [7, 11) is 0. The van der Waals surface area contributed by atoms with Gasteiger partial charge in [0.1, 0.15) is 0 Å². The highest BCUT2D eigenvalue weighted by atomic mass is 79.9. The molecule has 0 radical (unpaired) electrons. The molecule has 1 N–H and O–H groups in total. The fourth-order valence-corrected chi connectivity index (χ4v) is 1.82. The van der Waals surface area contributed by atoms with E-state index in [0.717, 1.165) is 27.1 Å². The maximum atomic E-state index is 8.81. The molecule has 0 saturated heterocycles. The summed E-state index contributed by atoms with van der Waals surface area (Å²) in [4.78, 5) is 0. The zero-order valence-corrected chi connectivity index (χ0v) is 10.9. The van der Waals surface area contributed by atoms with E-state index in [1.807, 2.05) is 37.3 Å². The van der Waals surface area contributed by atoms with Gasteiger partial charge in [0.05, 0.1) is 12.3 Å². The van der Waals surface area contributed by atoms with Gasteiger partial charge in [0.15, 0.2) is 5.76 Å². The summed E-state index contributed by atoms with van der Waals surface area (Å²) in [5.41, 5.74) is 2.68. The van der Waals surface area contributed by atoms with E-state index in [0.29, 0.717) is 0 Å². The maximum Gasteiger partial charge on any atom is 0.174 e. The van der Waals surface area contributed by atoms with Gasteiger partial charge < -0.3 is 9.63 Å². The van der Waals surface area contributed by atoms with Crippen LogP contribution in [0.4, 0.5) is 0 Å². The van der Waals surface area contributed by atoms with E-state index >= 15 is 0 Å². The Hall–Kier alpha value is -1.39. The molecule has 0 bridgehead atoms.